The monoisotopic (exact) mass is 366 g/mol. The van der Waals surface area contributed by atoms with Crippen LogP contribution in [0.5, 0.6) is 0 Å². The van der Waals surface area contributed by atoms with Gasteiger partial charge in [0.2, 0.25) is 0 Å². The Morgan fingerprint density at radius 3 is 2.62 bits per heavy atom. The number of hydrogen-bond donors (Lipinski definition) is 1. The number of aromatic nitrogens is 2. The number of rotatable bonds is 3. The maximum absolute atomic E-state index is 13.0. The number of hydrogen-bond acceptors (Lipinski definition) is 3. The summed E-state index contributed by atoms with van der Waals surface area (Å²) in [5.41, 5.74) is 1.09. The standard InChI is InChI=1S/C14H8BrFN2O2S/c15-8-5-12(21-7-8)13-11(14(19)20)6-18(17-13)10-3-1-9(16)2-4-10/h1-7H,(H,19,20). The van der Waals surface area contributed by atoms with Gasteiger partial charge in [-0.15, -0.1) is 11.3 Å². The Balaban J connectivity index is 2.12. The second-order valence-corrected chi connectivity index (χ2v) is 6.07. The van der Waals surface area contributed by atoms with Gasteiger partial charge in [-0.25, -0.2) is 13.9 Å². The first kappa shape index (κ1) is 14.0. The third kappa shape index (κ3) is 2.74. The number of benzene rings is 1. The van der Waals surface area contributed by atoms with Crippen LogP contribution >= 0.6 is 27.3 Å². The van der Waals surface area contributed by atoms with Crippen molar-refractivity contribution in [3.63, 3.8) is 0 Å². The normalized spacial score (nSPS) is 10.8. The van der Waals surface area contributed by atoms with Crippen molar-refractivity contribution >= 4 is 33.2 Å². The zero-order valence-electron chi connectivity index (χ0n) is 10.5. The molecular formula is C14H8BrFN2O2S. The lowest BCUT2D eigenvalue weighted by Gasteiger charge is -1.99. The largest absolute Gasteiger partial charge is 0.478 e. The van der Waals surface area contributed by atoms with Gasteiger partial charge in [-0.05, 0) is 46.3 Å². The molecule has 0 aliphatic carbocycles. The molecule has 0 bridgehead atoms. The van der Waals surface area contributed by atoms with Crippen molar-refractivity contribution in [1.82, 2.24) is 9.78 Å². The Labute approximate surface area is 131 Å². The summed E-state index contributed by atoms with van der Waals surface area (Å²) in [5.74, 6) is -1.41. The van der Waals surface area contributed by atoms with Crippen molar-refractivity contribution in [3.8, 4) is 16.3 Å². The van der Waals surface area contributed by atoms with Crippen molar-refractivity contribution in [3.05, 3.63) is 57.8 Å². The predicted octanol–water partition coefficient (Wildman–Crippen LogP) is 4.20. The highest BCUT2D eigenvalue weighted by Gasteiger charge is 2.19. The van der Waals surface area contributed by atoms with Crippen molar-refractivity contribution < 1.29 is 14.3 Å². The molecule has 0 fully saturated rings. The fourth-order valence-electron chi connectivity index (χ4n) is 1.88. The van der Waals surface area contributed by atoms with E-state index in [9.17, 15) is 14.3 Å². The fraction of sp³-hybridized carbons (Fsp3) is 0. The van der Waals surface area contributed by atoms with Crippen LogP contribution in [0.3, 0.4) is 0 Å². The molecule has 2 aromatic heterocycles. The van der Waals surface area contributed by atoms with E-state index < -0.39 is 5.97 Å². The molecular weight excluding hydrogens is 359 g/mol. The van der Waals surface area contributed by atoms with Gasteiger partial charge in [0.05, 0.1) is 10.6 Å². The molecule has 0 radical (unpaired) electrons. The van der Waals surface area contributed by atoms with Crippen LogP contribution in [-0.2, 0) is 0 Å². The molecule has 3 rings (SSSR count). The van der Waals surface area contributed by atoms with E-state index in [2.05, 4.69) is 21.0 Å². The molecule has 0 aliphatic heterocycles. The second kappa shape index (κ2) is 5.42. The molecule has 2 heterocycles. The van der Waals surface area contributed by atoms with Crippen LogP contribution < -0.4 is 0 Å². The summed E-state index contributed by atoms with van der Waals surface area (Å²) < 4.78 is 15.3. The number of carboxylic acids is 1. The summed E-state index contributed by atoms with van der Waals surface area (Å²) in [4.78, 5) is 12.1. The molecule has 1 N–H and O–H groups in total. The molecule has 0 saturated carbocycles. The maximum atomic E-state index is 13.0. The molecule has 4 nitrogen and oxygen atoms in total. The summed E-state index contributed by atoms with van der Waals surface area (Å²) >= 11 is 4.74. The van der Waals surface area contributed by atoms with Crippen molar-refractivity contribution in [2.45, 2.75) is 0 Å². The number of halogens is 2. The maximum Gasteiger partial charge on any atom is 0.339 e. The molecule has 3 aromatic rings. The van der Waals surface area contributed by atoms with Crippen LogP contribution in [0.1, 0.15) is 10.4 Å². The van der Waals surface area contributed by atoms with E-state index >= 15 is 0 Å². The van der Waals surface area contributed by atoms with E-state index in [0.717, 1.165) is 9.35 Å². The molecule has 0 aliphatic rings. The number of carboxylic acid groups (broad SMARTS) is 1. The Bertz CT molecular complexity index is 811. The molecule has 0 saturated heterocycles. The Morgan fingerprint density at radius 1 is 1.33 bits per heavy atom. The molecule has 21 heavy (non-hydrogen) atoms. The summed E-state index contributed by atoms with van der Waals surface area (Å²) in [7, 11) is 0. The van der Waals surface area contributed by atoms with Gasteiger partial charge in [0, 0.05) is 16.0 Å². The lowest BCUT2D eigenvalue weighted by molar-refractivity contribution is 0.0697. The van der Waals surface area contributed by atoms with Gasteiger partial charge < -0.3 is 5.11 Å². The van der Waals surface area contributed by atoms with E-state index in [0.29, 0.717) is 11.4 Å². The van der Waals surface area contributed by atoms with E-state index in [1.54, 1.807) is 12.1 Å². The van der Waals surface area contributed by atoms with Gasteiger partial charge in [-0.3, -0.25) is 0 Å². The van der Waals surface area contributed by atoms with Gasteiger partial charge >= 0.3 is 5.97 Å². The Morgan fingerprint density at radius 2 is 2.05 bits per heavy atom. The van der Waals surface area contributed by atoms with Crippen molar-refractivity contribution in [1.29, 1.82) is 0 Å². The Hall–Kier alpha value is -1.99. The highest BCUT2D eigenvalue weighted by molar-refractivity contribution is 9.10. The first-order chi connectivity index (χ1) is 10.0. The van der Waals surface area contributed by atoms with E-state index in [1.807, 2.05) is 11.4 Å². The average Bonchev–Trinajstić information content (AvgIpc) is 3.05. The van der Waals surface area contributed by atoms with Crippen molar-refractivity contribution in [2.24, 2.45) is 0 Å². The smallest absolute Gasteiger partial charge is 0.339 e. The van der Waals surface area contributed by atoms with Crippen LogP contribution in [0.2, 0.25) is 0 Å². The number of nitrogens with zero attached hydrogens (tertiary/aromatic N) is 2. The summed E-state index contributed by atoms with van der Waals surface area (Å²) in [6.07, 6.45) is 1.43. The van der Waals surface area contributed by atoms with Crippen LogP contribution in [0, 0.1) is 5.82 Å². The summed E-state index contributed by atoms with van der Waals surface area (Å²) in [6, 6.07) is 7.51. The fourth-order valence-corrected chi connectivity index (χ4v) is 3.30. The number of aromatic carboxylic acids is 1. The molecule has 7 heteroatoms. The van der Waals surface area contributed by atoms with Crippen LogP contribution in [0.25, 0.3) is 16.3 Å². The summed E-state index contributed by atoms with van der Waals surface area (Å²) in [5, 5.41) is 15.5. The van der Waals surface area contributed by atoms with Crippen LogP contribution in [-0.4, -0.2) is 20.9 Å². The van der Waals surface area contributed by atoms with Gasteiger partial charge in [-0.2, -0.15) is 5.10 Å². The minimum atomic E-state index is -1.05. The lowest BCUT2D eigenvalue weighted by Crippen LogP contribution is -1.96. The first-order valence-corrected chi connectivity index (χ1v) is 7.55. The second-order valence-electron chi connectivity index (χ2n) is 4.25. The lowest BCUT2D eigenvalue weighted by atomic mass is 10.2. The molecule has 1 aromatic carbocycles. The zero-order chi connectivity index (χ0) is 15.0. The highest BCUT2D eigenvalue weighted by atomic mass is 79.9. The van der Waals surface area contributed by atoms with Gasteiger partial charge in [0.15, 0.2) is 0 Å². The predicted molar refractivity (Wildman–Crippen MR) is 81.5 cm³/mol. The van der Waals surface area contributed by atoms with Gasteiger partial charge in [-0.1, -0.05) is 0 Å². The third-order valence-electron chi connectivity index (χ3n) is 2.84. The van der Waals surface area contributed by atoms with Gasteiger partial charge in [0.1, 0.15) is 17.1 Å². The molecule has 0 unspecified atom stereocenters. The zero-order valence-corrected chi connectivity index (χ0v) is 12.9. The minimum absolute atomic E-state index is 0.105. The first-order valence-electron chi connectivity index (χ1n) is 5.88. The quantitative estimate of drug-likeness (QED) is 0.755. The van der Waals surface area contributed by atoms with Crippen molar-refractivity contribution in [2.75, 3.05) is 0 Å². The third-order valence-corrected chi connectivity index (χ3v) is 4.53. The number of carbonyl (C=O) groups is 1. The topological polar surface area (TPSA) is 55.1 Å². The molecule has 0 amide bonds. The highest BCUT2D eigenvalue weighted by Crippen LogP contribution is 2.31. The van der Waals surface area contributed by atoms with Crippen LogP contribution in [0.4, 0.5) is 4.39 Å². The summed E-state index contributed by atoms with van der Waals surface area (Å²) in [6.45, 7) is 0. The average molecular weight is 367 g/mol. The SMILES string of the molecule is O=C(O)c1cn(-c2ccc(F)cc2)nc1-c1cc(Br)cs1. The Kier molecular flexibility index (Phi) is 3.60. The van der Waals surface area contributed by atoms with Gasteiger partial charge in [0.25, 0.3) is 0 Å². The molecule has 0 atom stereocenters. The van der Waals surface area contributed by atoms with E-state index in [1.165, 1.54) is 34.3 Å². The number of thiophene rings is 1. The van der Waals surface area contributed by atoms with E-state index in [4.69, 9.17) is 0 Å². The molecule has 0 spiro atoms. The van der Waals surface area contributed by atoms with E-state index in [-0.39, 0.29) is 11.4 Å². The minimum Gasteiger partial charge on any atom is -0.478 e. The van der Waals surface area contributed by atoms with Crippen LogP contribution in [0.15, 0.2) is 46.4 Å². The molecule has 106 valence electrons.